The van der Waals surface area contributed by atoms with E-state index in [-0.39, 0.29) is 10.8 Å². The van der Waals surface area contributed by atoms with Gasteiger partial charge in [0.2, 0.25) is 15.9 Å². The lowest BCUT2D eigenvalue weighted by Gasteiger charge is -2.08. The van der Waals surface area contributed by atoms with Gasteiger partial charge in [0.1, 0.15) is 0 Å². The molecule has 0 fully saturated rings. The third-order valence-corrected chi connectivity index (χ3v) is 4.01. The molecule has 0 atom stereocenters. The van der Waals surface area contributed by atoms with E-state index in [1.54, 1.807) is 25.1 Å². The van der Waals surface area contributed by atoms with Crippen LogP contribution in [0.5, 0.6) is 0 Å². The Morgan fingerprint density at radius 2 is 2.10 bits per heavy atom. The number of anilines is 1. The van der Waals surface area contributed by atoms with Gasteiger partial charge in [-0.15, -0.1) is 0 Å². The Labute approximate surface area is 120 Å². The van der Waals surface area contributed by atoms with Gasteiger partial charge in [0.25, 0.3) is 0 Å². The van der Waals surface area contributed by atoms with Gasteiger partial charge in [0.15, 0.2) is 0 Å². The van der Waals surface area contributed by atoms with E-state index in [9.17, 15) is 13.2 Å². The Kier molecular flexibility index (Phi) is 6.41. The lowest BCUT2D eigenvalue weighted by molar-refractivity contribution is -0.111. The van der Waals surface area contributed by atoms with Crippen molar-refractivity contribution in [3.8, 4) is 0 Å². The molecule has 2 N–H and O–H groups in total. The van der Waals surface area contributed by atoms with Gasteiger partial charge in [0.05, 0.1) is 4.90 Å². The van der Waals surface area contributed by atoms with Crippen molar-refractivity contribution >= 4 is 21.6 Å². The second-order valence-corrected chi connectivity index (χ2v) is 6.04. The fourth-order valence-electron chi connectivity index (χ4n) is 1.54. The largest absolute Gasteiger partial charge is 0.322 e. The van der Waals surface area contributed by atoms with Crippen LogP contribution in [0.4, 0.5) is 5.69 Å². The number of unbranched alkanes of at least 4 members (excludes halogenated alkanes) is 1. The molecule has 0 aliphatic rings. The van der Waals surface area contributed by atoms with Crippen molar-refractivity contribution in [3.63, 3.8) is 0 Å². The summed E-state index contributed by atoms with van der Waals surface area (Å²) in [6.45, 7) is 4.14. The van der Waals surface area contributed by atoms with E-state index in [4.69, 9.17) is 0 Å². The molecule has 0 bridgehead atoms. The van der Waals surface area contributed by atoms with Gasteiger partial charge < -0.3 is 5.32 Å². The maximum absolute atomic E-state index is 12.0. The number of nitrogens with one attached hydrogen (secondary N) is 2. The number of amides is 1. The van der Waals surface area contributed by atoms with Gasteiger partial charge in [-0.2, -0.15) is 0 Å². The van der Waals surface area contributed by atoms with E-state index in [1.807, 2.05) is 6.92 Å². The van der Waals surface area contributed by atoms with E-state index in [1.165, 1.54) is 18.2 Å². The lowest BCUT2D eigenvalue weighted by atomic mass is 10.3. The molecule has 0 heterocycles. The minimum absolute atomic E-state index is 0.145. The number of benzene rings is 1. The van der Waals surface area contributed by atoms with Crippen molar-refractivity contribution in [2.45, 2.75) is 31.6 Å². The number of rotatable bonds is 7. The zero-order valence-electron chi connectivity index (χ0n) is 11.7. The number of carbonyl (C=O) groups is 1. The molecule has 1 aromatic rings. The Balaban J connectivity index is 2.84. The third-order valence-electron chi connectivity index (χ3n) is 2.55. The minimum Gasteiger partial charge on any atom is -0.322 e. The second-order valence-electron chi connectivity index (χ2n) is 4.27. The molecular formula is C14H20N2O3S. The van der Waals surface area contributed by atoms with Gasteiger partial charge in [-0.05, 0) is 37.6 Å². The SMILES string of the molecule is C/C=C/C(=O)Nc1cccc(S(=O)(=O)NCCCC)c1. The molecule has 0 spiro atoms. The van der Waals surface area contributed by atoms with E-state index >= 15 is 0 Å². The molecule has 0 saturated carbocycles. The first-order valence-corrected chi connectivity index (χ1v) is 8.01. The summed E-state index contributed by atoms with van der Waals surface area (Å²) in [6.07, 6.45) is 4.70. The number of sulfonamides is 1. The smallest absolute Gasteiger partial charge is 0.248 e. The number of carbonyl (C=O) groups excluding carboxylic acids is 1. The molecule has 110 valence electrons. The molecule has 6 heteroatoms. The molecular weight excluding hydrogens is 276 g/mol. The number of hydrogen-bond acceptors (Lipinski definition) is 3. The quantitative estimate of drug-likeness (QED) is 0.599. The summed E-state index contributed by atoms with van der Waals surface area (Å²) in [4.78, 5) is 11.6. The Hall–Kier alpha value is -1.66. The average molecular weight is 296 g/mol. The molecule has 0 unspecified atom stereocenters. The molecule has 0 aliphatic heterocycles. The van der Waals surface area contributed by atoms with Crippen LogP contribution in [-0.2, 0) is 14.8 Å². The fraction of sp³-hybridized carbons (Fsp3) is 0.357. The highest BCUT2D eigenvalue weighted by molar-refractivity contribution is 7.89. The summed E-state index contributed by atoms with van der Waals surface area (Å²) < 4.78 is 26.6. The van der Waals surface area contributed by atoms with Crippen molar-refractivity contribution in [3.05, 3.63) is 36.4 Å². The highest BCUT2D eigenvalue weighted by Gasteiger charge is 2.13. The number of hydrogen-bond donors (Lipinski definition) is 2. The standard InChI is InChI=1S/C14H20N2O3S/c1-3-5-10-15-20(18,19)13-9-6-8-12(11-13)16-14(17)7-4-2/h4,6-9,11,15H,3,5,10H2,1-2H3,(H,16,17)/b7-4+. The van der Waals surface area contributed by atoms with Crippen LogP contribution in [0.3, 0.4) is 0 Å². The van der Waals surface area contributed by atoms with Gasteiger partial charge in [0, 0.05) is 12.2 Å². The topological polar surface area (TPSA) is 75.3 Å². The van der Waals surface area contributed by atoms with E-state index < -0.39 is 10.0 Å². The van der Waals surface area contributed by atoms with Crippen LogP contribution < -0.4 is 10.0 Å². The van der Waals surface area contributed by atoms with Crippen LogP contribution in [-0.4, -0.2) is 20.9 Å². The first kappa shape index (κ1) is 16.4. The number of allylic oxidation sites excluding steroid dienone is 1. The summed E-state index contributed by atoms with van der Waals surface area (Å²) >= 11 is 0. The summed E-state index contributed by atoms with van der Waals surface area (Å²) in [7, 11) is -3.52. The van der Waals surface area contributed by atoms with Crippen LogP contribution >= 0.6 is 0 Å². The molecule has 0 saturated heterocycles. The summed E-state index contributed by atoms with van der Waals surface area (Å²) in [5.74, 6) is -0.291. The Morgan fingerprint density at radius 3 is 2.75 bits per heavy atom. The van der Waals surface area contributed by atoms with Crippen molar-refractivity contribution < 1.29 is 13.2 Å². The second kappa shape index (κ2) is 7.81. The van der Waals surface area contributed by atoms with Crippen molar-refractivity contribution in [2.75, 3.05) is 11.9 Å². The van der Waals surface area contributed by atoms with E-state index in [0.717, 1.165) is 12.8 Å². The van der Waals surface area contributed by atoms with E-state index in [0.29, 0.717) is 12.2 Å². The van der Waals surface area contributed by atoms with Gasteiger partial charge >= 0.3 is 0 Å². The zero-order valence-corrected chi connectivity index (χ0v) is 12.5. The Bertz CT molecular complexity index is 580. The third kappa shape index (κ3) is 5.14. The van der Waals surface area contributed by atoms with E-state index in [2.05, 4.69) is 10.0 Å². The predicted molar refractivity (Wildman–Crippen MR) is 80.0 cm³/mol. The maximum atomic E-state index is 12.0. The highest BCUT2D eigenvalue weighted by atomic mass is 32.2. The van der Waals surface area contributed by atoms with Crippen molar-refractivity contribution in [1.82, 2.24) is 4.72 Å². The minimum atomic E-state index is -3.52. The summed E-state index contributed by atoms with van der Waals surface area (Å²) in [6, 6.07) is 6.18. The first-order chi connectivity index (χ1) is 9.49. The zero-order chi connectivity index (χ0) is 15.0. The molecule has 1 rings (SSSR count). The Morgan fingerprint density at radius 1 is 1.35 bits per heavy atom. The van der Waals surface area contributed by atoms with Gasteiger partial charge in [-0.25, -0.2) is 13.1 Å². The fourth-order valence-corrected chi connectivity index (χ4v) is 2.66. The predicted octanol–water partition coefficient (Wildman–Crippen LogP) is 2.28. The van der Waals surface area contributed by atoms with Crippen LogP contribution in [0.1, 0.15) is 26.7 Å². The average Bonchev–Trinajstić information content (AvgIpc) is 2.39. The molecule has 20 heavy (non-hydrogen) atoms. The monoisotopic (exact) mass is 296 g/mol. The molecule has 1 amide bonds. The molecule has 0 radical (unpaired) electrons. The molecule has 1 aromatic carbocycles. The molecule has 0 aromatic heterocycles. The normalized spacial score (nSPS) is 11.7. The van der Waals surface area contributed by atoms with Crippen molar-refractivity contribution in [2.24, 2.45) is 0 Å². The van der Waals surface area contributed by atoms with Crippen LogP contribution in [0.15, 0.2) is 41.3 Å². The summed E-state index contributed by atoms with van der Waals surface area (Å²) in [5.41, 5.74) is 0.450. The van der Waals surface area contributed by atoms with Crippen LogP contribution in [0.25, 0.3) is 0 Å². The van der Waals surface area contributed by atoms with Crippen LogP contribution in [0, 0.1) is 0 Å². The highest BCUT2D eigenvalue weighted by Crippen LogP contribution is 2.15. The summed E-state index contributed by atoms with van der Waals surface area (Å²) in [5, 5.41) is 2.60. The molecule has 0 aliphatic carbocycles. The van der Waals surface area contributed by atoms with Crippen molar-refractivity contribution in [1.29, 1.82) is 0 Å². The van der Waals surface area contributed by atoms with Gasteiger partial charge in [-0.1, -0.05) is 25.5 Å². The lowest BCUT2D eigenvalue weighted by Crippen LogP contribution is -2.24. The maximum Gasteiger partial charge on any atom is 0.248 e. The van der Waals surface area contributed by atoms with Crippen LogP contribution in [0.2, 0.25) is 0 Å². The van der Waals surface area contributed by atoms with Gasteiger partial charge in [-0.3, -0.25) is 4.79 Å². The first-order valence-electron chi connectivity index (χ1n) is 6.53. The molecule has 5 nitrogen and oxygen atoms in total.